The molecule has 0 unspecified atom stereocenters. The monoisotopic (exact) mass is 370 g/mol. The molecule has 2 amide bonds. The number of benzene rings is 1. The van der Waals surface area contributed by atoms with Gasteiger partial charge in [-0.15, -0.1) is 0 Å². The molecule has 27 heavy (non-hydrogen) atoms. The maximum atomic E-state index is 12.3. The average molecular weight is 370 g/mol. The van der Waals surface area contributed by atoms with Gasteiger partial charge in [0.05, 0.1) is 11.0 Å². The van der Waals surface area contributed by atoms with E-state index in [2.05, 4.69) is 15.2 Å². The predicted octanol–water partition coefficient (Wildman–Crippen LogP) is 3.55. The molecule has 1 fully saturated rings. The fourth-order valence-electron chi connectivity index (χ4n) is 3.81. The number of nitrogens with zero attached hydrogens (tertiary/aromatic N) is 2. The largest absolute Gasteiger partial charge is 0.355 e. The zero-order chi connectivity index (χ0) is 19.2. The zero-order valence-electron chi connectivity index (χ0n) is 16.4. The number of aromatic nitrogens is 2. The molecule has 0 spiro atoms. The van der Waals surface area contributed by atoms with Crippen LogP contribution < -0.4 is 10.6 Å². The van der Waals surface area contributed by atoms with Crippen molar-refractivity contribution >= 4 is 28.5 Å². The summed E-state index contributed by atoms with van der Waals surface area (Å²) in [5.41, 5.74) is 2.66. The van der Waals surface area contributed by atoms with Gasteiger partial charge in [-0.25, -0.2) is 4.98 Å². The van der Waals surface area contributed by atoms with Gasteiger partial charge in [0.15, 0.2) is 0 Å². The number of carbonyl (C=O) groups excluding carboxylic acids is 2. The minimum absolute atomic E-state index is 0.0263. The Morgan fingerprint density at radius 1 is 1.22 bits per heavy atom. The van der Waals surface area contributed by atoms with Gasteiger partial charge < -0.3 is 15.2 Å². The molecule has 1 aromatic carbocycles. The van der Waals surface area contributed by atoms with Crippen LogP contribution in [0.2, 0.25) is 0 Å². The number of hydrogen-bond acceptors (Lipinski definition) is 3. The zero-order valence-corrected chi connectivity index (χ0v) is 16.4. The third-order valence-electron chi connectivity index (χ3n) is 5.36. The van der Waals surface area contributed by atoms with Crippen LogP contribution in [0.15, 0.2) is 18.2 Å². The molecule has 146 valence electrons. The summed E-state index contributed by atoms with van der Waals surface area (Å²) in [7, 11) is 1.99. The molecule has 0 bridgehead atoms. The van der Waals surface area contributed by atoms with E-state index in [-0.39, 0.29) is 17.7 Å². The lowest BCUT2D eigenvalue weighted by Gasteiger charge is -2.20. The Hall–Kier alpha value is -2.37. The lowest BCUT2D eigenvalue weighted by atomic mass is 9.89. The number of amides is 2. The van der Waals surface area contributed by atoms with Gasteiger partial charge in [0.2, 0.25) is 11.8 Å². The van der Waals surface area contributed by atoms with Crippen molar-refractivity contribution in [2.45, 2.75) is 58.3 Å². The van der Waals surface area contributed by atoms with E-state index in [1.807, 2.05) is 32.2 Å². The van der Waals surface area contributed by atoms with Gasteiger partial charge in [-0.1, -0.05) is 26.2 Å². The summed E-state index contributed by atoms with van der Waals surface area (Å²) in [6.45, 7) is 2.59. The summed E-state index contributed by atoms with van der Waals surface area (Å²) in [5, 5.41) is 5.99. The normalized spacial score (nSPS) is 15.0. The van der Waals surface area contributed by atoms with Crippen molar-refractivity contribution in [2.75, 3.05) is 11.9 Å². The first-order valence-electron chi connectivity index (χ1n) is 10.1. The Kier molecular flexibility index (Phi) is 6.48. The maximum Gasteiger partial charge on any atom is 0.224 e. The molecule has 6 heteroatoms. The highest BCUT2D eigenvalue weighted by Crippen LogP contribution is 2.24. The fraction of sp³-hybridized carbons (Fsp3) is 0.571. The number of hydrogen-bond donors (Lipinski definition) is 2. The SMILES string of the molecule is CCCC(=O)Nc1ccc2c(c1)nc(CCNC(=O)C1CCCCC1)n2C. The Morgan fingerprint density at radius 3 is 2.74 bits per heavy atom. The second-order valence-electron chi connectivity index (χ2n) is 7.46. The Bertz CT molecular complexity index is 806. The van der Waals surface area contributed by atoms with Crippen LogP contribution in [0, 0.1) is 5.92 Å². The van der Waals surface area contributed by atoms with Gasteiger partial charge in [-0.3, -0.25) is 9.59 Å². The van der Waals surface area contributed by atoms with E-state index >= 15 is 0 Å². The molecule has 0 atom stereocenters. The smallest absolute Gasteiger partial charge is 0.224 e. The third kappa shape index (κ3) is 4.87. The van der Waals surface area contributed by atoms with Crippen molar-refractivity contribution in [3.8, 4) is 0 Å². The molecule has 1 aliphatic carbocycles. The van der Waals surface area contributed by atoms with Gasteiger partial charge in [0.25, 0.3) is 0 Å². The van der Waals surface area contributed by atoms with Crippen LogP contribution in [0.5, 0.6) is 0 Å². The second kappa shape index (κ2) is 9.02. The molecule has 1 saturated carbocycles. The summed E-state index contributed by atoms with van der Waals surface area (Å²) in [6.07, 6.45) is 7.67. The van der Waals surface area contributed by atoms with Crippen LogP contribution in [0.3, 0.4) is 0 Å². The van der Waals surface area contributed by atoms with Crippen molar-refractivity contribution in [1.82, 2.24) is 14.9 Å². The summed E-state index contributed by atoms with van der Waals surface area (Å²) in [4.78, 5) is 28.7. The van der Waals surface area contributed by atoms with E-state index in [4.69, 9.17) is 4.98 Å². The standard InChI is InChI=1S/C21H30N4O2/c1-3-7-20(26)23-16-10-11-18-17(14-16)24-19(25(18)2)12-13-22-21(27)15-8-5-4-6-9-15/h10-11,14-15H,3-9,12-13H2,1-2H3,(H,22,27)(H,23,26). The van der Waals surface area contributed by atoms with Gasteiger partial charge in [-0.05, 0) is 37.5 Å². The van der Waals surface area contributed by atoms with E-state index in [9.17, 15) is 9.59 Å². The van der Waals surface area contributed by atoms with Gasteiger partial charge in [0, 0.05) is 38.0 Å². The lowest BCUT2D eigenvalue weighted by molar-refractivity contribution is -0.125. The van der Waals surface area contributed by atoms with Gasteiger partial charge >= 0.3 is 0 Å². The third-order valence-corrected chi connectivity index (χ3v) is 5.36. The highest BCUT2D eigenvalue weighted by molar-refractivity contribution is 5.93. The predicted molar refractivity (Wildman–Crippen MR) is 108 cm³/mol. The summed E-state index contributed by atoms with van der Waals surface area (Å²) in [5.74, 6) is 1.34. The molecule has 2 aromatic rings. The lowest BCUT2D eigenvalue weighted by Crippen LogP contribution is -2.33. The molecular weight excluding hydrogens is 340 g/mol. The number of anilines is 1. The molecular formula is C21H30N4O2. The summed E-state index contributed by atoms with van der Waals surface area (Å²) >= 11 is 0. The minimum Gasteiger partial charge on any atom is -0.355 e. The molecule has 2 N–H and O–H groups in total. The molecule has 0 saturated heterocycles. The summed E-state index contributed by atoms with van der Waals surface area (Å²) in [6, 6.07) is 5.80. The number of aryl methyl sites for hydroxylation is 1. The molecule has 1 aliphatic rings. The Labute approximate surface area is 160 Å². The molecule has 0 aliphatic heterocycles. The van der Waals surface area contributed by atoms with Gasteiger partial charge in [0.1, 0.15) is 5.82 Å². The van der Waals surface area contributed by atoms with Crippen LogP contribution in [-0.2, 0) is 23.1 Å². The van der Waals surface area contributed by atoms with Crippen LogP contribution in [0.25, 0.3) is 11.0 Å². The van der Waals surface area contributed by atoms with Crippen molar-refractivity contribution in [2.24, 2.45) is 13.0 Å². The fourth-order valence-corrected chi connectivity index (χ4v) is 3.81. The highest BCUT2D eigenvalue weighted by atomic mass is 16.2. The molecule has 1 aromatic heterocycles. The van der Waals surface area contributed by atoms with Crippen molar-refractivity contribution in [3.63, 3.8) is 0 Å². The number of imidazole rings is 1. The van der Waals surface area contributed by atoms with Crippen LogP contribution in [-0.4, -0.2) is 27.9 Å². The van der Waals surface area contributed by atoms with E-state index in [1.165, 1.54) is 19.3 Å². The first-order chi connectivity index (χ1) is 13.1. The average Bonchev–Trinajstić information content (AvgIpc) is 2.98. The quantitative estimate of drug-likeness (QED) is 0.782. The maximum absolute atomic E-state index is 12.3. The number of carbonyl (C=O) groups is 2. The first-order valence-corrected chi connectivity index (χ1v) is 10.1. The van der Waals surface area contributed by atoms with E-state index in [0.29, 0.717) is 19.4 Å². The topological polar surface area (TPSA) is 76.0 Å². The number of fused-ring (bicyclic) bond motifs is 1. The van der Waals surface area contributed by atoms with Crippen LogP contribution in [0.4, 0.5) is 5.69 Å². The number of rotatable bonds is 7. The molecule has 6 nitrogen and oxygen atoms in total. The highest BCUT2D eigenvalue weighted by Gasteiger charge is 2.20. The van der Waals surface area contributed by atoms with Gasteiger partial charge in [-0.2, -0.15) is 0 Å². The van der Waals surface area contributed by atoms with Crippen molar-refractivity contribution in [1.29, 1.82) is 0 Å². The van der Waals surface area contributed by atoms with Crippen molar-refractivity contribution in [3.05, 3.63) is 24.0 Å². The molecule has 0 radical (unpaired) electrons. The molecule has 1 heterocycles. The first kappa shape index (κ1) is 19.4. The second-order valence-corrected chi connectivity index (χ2v) is 7.46. The summed E-state index contributed by atoms with van der Waals surface area (Å²) < 4.78 is 2.06. The Morgan fingerprint density at radius 2 is 2.00 bits per heavy atom. The number of nitrogens with one attached hydrogen (secondary N) is 2. The van der Waals surface area contributed by atoms with Crippen LogP contribution in [0.1, 0.15) is 57.7 Å². The van der Waals surface area contributed by atoms with Crippen LogP contribution >= 0.6 is 0 Å². The Balaban J connectivity index is 1.60. The minimum atomic E-state index is 0.0263. The van der Waals surface area contributed by atoms with Crippen molar-refractivity contribution < 1.29 is 9.59 Å². The van der Waals surface area contributed by atoms with E-state index in [0.717, 1.165) is 41.8 Å². The molecule has 3 rings (SSSR count). The van der Waals surface area contributed by atoms with E-state index in [1.54, 1.807) is 0 Å². The van der Waals surface area contributed by atoms with E-state index < -0.39 is 0 Å².